The summed E-state index contributed by atoms with van der Waals surface area (Å²) in [4.78, 5) is 26.7. The Morgan fingerprint density at radius 2 is 1.68 bits per heavy atom. The zero-order valence-corrected chi connectivity index (χ0v) is 10.2. The summed E-state index contributed by atoms with van der Waals surface area (Å²) >= 11 is 0. The van der Waals surface area contributed by atoms with Crippen LogP contribution in [-0.4, -0.2) is 9.38 Å². The minimum Gasteiger partial charge on any atom is -0.344 e. The number of H-pyrrole nitrogens is 1. The highest BCUT2D eigenvalue weighted by atomic mass is 16.2. The van der Waals surface area contributed by atoms with Crippen molar-refractivity contribution in [3.8, 4) is 0 Å². The normalized spacial score (nSPS) is 10.7. The first-order chi connectivity index (χ1) is 9.24. The Morgan fingerprint density at radius 1 is 0.895 bits per heavy atom. The molecule has 0 radical (unpaired) electrons. The van der Waals surface area contributed by atoms with E-state index < -0.39 is 0 Å². The molecular formula is C15H12N2O2. The monoisotopic (exact) mass is 252 g/mol. The van der Waals surface area contributed by atoms with Crippen LogP contribution in [0.25, 0.3) is 5.65 Å². The standard InChI is InChI=1S/C15H12N2O2/c18-14-8-4-7-13-16-12(10-15(19)17(13)14)9-11-5-2-1-3-6-11/h1-8,10,16H,9H2. The van der Waals surface area contributed by atoms with E-state index in [-0.39, 0.29) is 11.1 Å². The van der Waals surface area contributed by atoms with E-state index in [0.717, 1.165) is 15.7 Å². The van der Waals surface area contributed by atoms with Crippen LogP contribution in [-0.2, 0) is 6.42 Å². The van der Waals surface area contributed by atoms with Gasteiger partial charge >= 0.3 is 0 Å². The summed E-state index contributed by atoms with van der Waals surface area (Å²) < 4.78 is 1.13. The summed E-state index contributed by atoms with van der Waals surface area (Å²) in [5.41, 5.74) is 1.81. The first kappa shape index (κ1) is 11.5. The van der Waals surface area contributed by atoms with Crippen LogP contribution in [0.1, 0.15) is 11.3 Å². The average Bonchev–Trinajstić information content (AvgIpc) is 2.39. The van der Waals surface area contributed by atoms with Crippen molar-refractivity contribution >= 4 is 5.65 Å². The van der Waals surface area contributed by atoms with E-state index in [1.165, 1.54) is 12.1 Å². The smallest absolute Gasteiger partial charge is 0.260 e. The summed E-state index contributed by atoms with van der Waals surface area (Å²) in [6.45, 7) is 0. The first-order valence-corrected chi connectivity index (χ1v) is 6.02. The molecule has 19 heavy (non-hydrogen) atoms. The Labute approximate surface area is 109 Å². The van der Waals surface area contributed by atoms with E-state index in [1.54, 1.807) is 12.1 Å². The van der Waals surface area contributed by atoms with Gasteiger partial charge in [-0.1, -0.05) is 36.4 Å². The minimum absolute atomic E-state index is 0.301. The van der Waals surface area contributed by atoms with Gasteiger partial charge in [-0.3, -0.25) is 9.59 Å². The number of aromatic nitrogens is 2. The second-order valence-electron chi connectivity index (χ2n) is 4.38. The average molecular weight is 252 g/mol. The summed E-state index contributed by atoms with van der Waals surface area (Å²) in [5, 5.41) is 0. The molecule has 0 saturated carbocycles. The summed E-state index contributed by atoms with van der Waals surface area (Å²) in [6.07, 6.45) is 0.635. The molecule has 1 aromatic carbocycles. The van der Waals surface area contributed by atoms with Gasteiger partial charge in [0.1, 0.15) is 5.65 Å². The number of nitrogens with one attached hydrogen (secondary N) is 1. The molecule has 4 nitrogen and oxygen atoms in total. The molecule has 0 unspecified atom stereocenters. The second kappa shape index (κ2) is 4.57. The van der Waals surface area contributed by atoms with E-state index in [2.05, 4.69) is 4.98 Å². The van der Waals surface area contributed by atoms with Crippen LogP contribution >= 0.6 is 0 Å². The van der Waals surface area contributed by atoms with Crippen molar-refractivity contribution in [3.05, 3.63) is 86.6 Å². The fourth-order valence-corrected chi connectivity index (χ4v) is 2.14. The summed E-state index contributed by atoms with van der Waals surface area (Å²) in [5.74, 6) is 0. The van der Waals surface area contributed by atoms with E-state index >= 15 is 0 Å². The number of nitrogens with zero attached hydrogens (tertiary/aromatic N) is 1. The third-order valence-electron chi connectivity index (χ3n) is 3.00. The van der Waals surface area contributed by atoms with E-state index in [9.17, 15) is 9.59 Å². The molecule has 2 heterocycles. The number of rotatable bonds is 2. The van der Waals surface area contributed by atoms with Crippen molar-refractivity contribution in [1.82, 2.24) is 9.38 Å². The molecule has 0 fully saturated rings. The predicted octanol–water partition coefficient (Wildman–Crippen LogP) is 1.58. The van der Waals surface area contributed by atoms with Crippen LogP contribution in [0.5, 0.6) is 0 Å². The molecule has 3 rings (SSSR count). The number of aromatic amines is 1. The van der Waals surface area contributed by atoms with Gasteiger partial charge in [0, 0.05) is 24.2 Å². The lowest BCUT2D eigenvalue weighted by atomic mass is 10.1. The van der Waals surface area contributed by atoms with Gasteiger partial charge in [-0.15, -0.1) is 0 Å². The third-order valence-corrected chi connectivity index (χ3v) is 3.00. The Bertz CT molecular complexity index is 832. The van der Waals surface area contributed by atoms with Crippen LogP contribution in [0.15, 0.2) is 64.2 Å². The Morgan fingerprint density at radius 3 is 2.47 bits per heavy atom. The van der Waals surface area contributed by atoms with Gasteiger partial charge in [-0.25, -0.2) is 4.40 Å². The first-order valence-electron chi connectivity index (χ1n) is 6.02. The molecule has 0 aliphatic heterocycles. The molecule has 0 atom stereocenters. The van der Waals surface area contributed by atoms with Crippen LogP contribution in [0, 0.1) is 0 Å². The van der Waals surface area contributed by atoms with E-state index in [1.807, 2.05) is 30.3 Å². The quantitative estimate of drug-likeness (QED) is 0.752. The zero-order valence-electron chi connectivity index (χ0n) is 10.2. The minimum atomic E-state index is -0.315. The number of benzene rings is 1. The summed E-state index contributed by atoms with van der Waals surface area (Å²) in [6, 6.07) is 16.1. The molecular weight excluding hydrogens is 240 g/mol. The lowest BCUT2D eigenvalue weighted by Crippen LogP contribution is -2.26. The fourth-order valence-electron chi connectivity index (χ4n) is 2.14. The molecule has 0 aliphatic rings. The maximum atomic E-state index is 12.0. The van der Waals surface area contributed by atoms with Gasteiger partial charge < -0.3 is 4.98 Å². The van der Waals surface area contributed by atoms with E-state index in [4.69, 9.17) is 0 Å². The molecule has 1 N–H and O–H groups in total. The van der Waals surface area contributed by atoms with Crippen molar-refractivity contribution in [1.29, 1.82) is 0 Å². The topological polar surface area (TPSA) is 54.3 Å². The summed E-state index contributed by atoms with van der Waals surface area (Å²) in [7, 11) is 0. The van der Waals surface area contributed by atoms with Crippen LogP contribution < -0.4 is 11.1 Å². The van der Waals surface area contributed by atoms with Crippen LogP contribution in [0.3, 0.4) is 0 Å². The predicted molar refractivity (Wildman–Crippen MR) is 73.5 cm³/mol. The molecule has 0 spiro atoms. The maximum Gasteiger partial charge on any atom is 0.260 e. The Balaban J connectivity index is 2.12. The number of hydrogen-bond acceptors (Lipinski definition) is 2. The fraction of sp³-hybridized carbons (Fsp3) is 0.0667. The maximum absolute atomic E-state index is 12.0. The molecule has 94 valence electrons. The van der Waals surface area contributed by atoms with Crippen molar-refractivity contribution in [2.75, 3.05) is 0 Å². The largest absolute Gasteiger partial charge is 0.344 e. The van der Waals surface area contributed by atoms with Crippen molar-refractivity contribution < 1.29 is 0 Å². The van der Waals surface area contributed by atoms with Crippen LogP contribution in [0.4, 0.5) is 0 Å². The highest BCUT2D eigenvalue weighted by Gasteiger charge is 2.03. The van der Waals surface area contributed by atoms with Crippen molar-refractivity contribution in [3.63, 3.8) is 0 Å². The van der Waals surface area contributed by atoms with Crippen molar-refractivity contribution in [2.24, 2.45) is 0 Å². The molecule has 2 aromatic heterocycles. The molecule has 0 aliphatic carbocycles. The van der Waals surface area contributed by atoms with Gasteiger partial charge in [0.05, 0.1) is 0 Å². The highest BCUT2D eigenvalue weighted by molar-refractivity contribution is 5.38. The highest BCUT2D eigenvalue weighted by Crippen LogP contribution is 2.06. The molecule has 3 aromatic rings. The second-order valence-corrected chi connectivity index (χ2v) is 4.38. The van der Waals surface area contributed by atoms with Gasteiger partial charge in [-0.05, 0) is 11.6 Å². The van der Waals surface area contributed by atoms with E-state index in [0.29, 0.717) is 12.1 Å². The van der Waals surface area contributed by atoms with Gasteiger partial charge in [0.25, 0.3) is 11.1 Å². The van der Waals surface area contributed by atoms with Crippen LogP contribution in [0.2, 0.25) is 0 Å². The zero-order chi connectivity index (χ0) is 13.2. The number of pyridine rings is 1. The molecule has 0 saturated heterocycles. The molecule has 4 heteroatoms. The number of fused-ring (bicyclic) bond motifs is 1. The lowest BCUT2D eigenvalue weighted by molar-refractivity contribution is 0.955. The SMILES string of the molecule is O=c1cccc2[nH]c(Cc3ccccc3)cc(=O)n12. The Kier molecular flexibility index (Phi) is 2.76. The number of hydrogen-bond donors (Lipinski definition) is 1. The van der Waals surface area contributed by atoms with Gasteiger partial charge in [-0.2, -0.15) is 0 Å². The van der Waals surface area contributed by atoms with Gasteiger partial charge in [0.2, 0.25) is 0 Å². The molecule has 0 bridgehead atoms. The lowest BCUT2D eigenvalue weighted by Gasteiger charge is -2.05. The Hall–Kier alpha value is -2.62. The van der Waals surface area contributed by atoms with Gasteiger partial charge in [0.15, 0.2) is 0 Å². The van der Waals surface area contributed by atoms with Crippen molar-refractivity contribution in [2.45, 2.75) is 6.42 Å². The third kappa shape index (κ3) is 2.20. The molecule has 0 amide bonds.